The average Bonchev–Trinajstić information content (AvgIpc) is 3.27. The van der Waals surface area contributed by atoms with Crippen LogP contribution in [0.5, 0.6) is 23.4 Å². The molecule has 13 heteroatoms. The Morgan fingerprint density at radius 1 is 1.21 bits per heavy atom. The number of anilines is 1. The van der Waals surface area contributed by atoms with E-state index in [0.717, 1.165) is 32.1 Å². The van der Waals surface area contributed by atoms with Crippen LogP contribution in [0.1, 0.15) is 82.4 Å². The molecule has 0 radical (unpaired) electrons. The lowest BCUT2D eigenvalue weighted by Gasteiger charge is -2.44. The lowest BCUT2D eigenvalue weighted by molar-refractivity contribution is -0.117. The first-order valence-corrected chi connectivity index (χ1v) is 18.4. The van der Waals surface area contributed by atoms with E-state index in [1.54, 1.807) is 6.07 Å². The number of carbonyl (C=O) groups is 1. The van der Waals surface area contributed by atoms with Crippen molar-refractivity contribution in [2.75, 3.05) is 37.7 Å². The van der Waals surface area contributed by atoms with Crippen molar-refractivity contribution in [1.29, 1.82) is 0 Å². The van der Waals surface area contributed by atoms with Gasteiger partial charge in [-0.25, -0.2) is 8.78 Å². The molecule has 1 aliphatic carbocycles. The summed E-state index contributed by atoms with van der Waals surface area (Å²) in [5.74, 6) is 2.33. The molecule has 7 rings (SSSR count). The molecule has 1 amide bonds. The Balaban J connectivity index is 1.23. The van der Waals surface area contributed by atoms with E-state index in [9.17, 15) is 19.4 Å². The zero-order valence-electron chi connectivity index (χ0n) is 30.2. The summed E-state index contributed by atoms with van der Waals surface area (Å²) in [4.78, 5) is 26.0. The minimum atomic E-state index is -1.03. The van der Waals surface area contributed by atoms with E-state index in [-0.39, 0.29) is 73.1 Å². The van der Waals surface area contributed by atoms with Crippen molar-refractivity contribution < 1.29 is 38.0 Å². The van der Waals surface area contributed by atoms with Gasteiger partial charge < -0.3 is 34.6 Å². The number of aromatic hydroxyl groups is 1. The molecule has 11 nitrogen and oxygen atoms in total. The number of phenols is 1. The van der Waals surface area contributed by atoms with E-state index in [1.807, 2.05) is 18.7 Å². The number of likely N-dealkylation sites (tertiary alicyclic amines) is 1. The van der Waals surface area contributed by atoms with Gasteiger partial charge in [-0.1, -0.05) is 18.6 Å². The summed E-state index contributed by atoms with van der Waals surface area (Å²) in [7, 11) is 0. The smallest absolute Gasteiger partial charge is 0.322 e. The van der Waals surface area contributed by atoms with E-state index < -0.39 is 29.2 Å². The normalized spacial score (nSPS) is 28.9. The summed E-state index contributed by atoms with van der Waals surface area (Å²) in [5, 5.41) is 25.2. The SMILES string of the molecule is C#Cc1c(F)ccc2cc(O)cc(C3COc4c(nc(OC[C@]5(C)C[C@@H](F)CN5C5CCC(C)(O)CC5)nc4N4CCCCC(NC(=O)C=C)C4)O3)c12. The molecule has 3 aliphatic heterocycles. The van der Waals surface area contributed by atoms with Crippen molar-refractivity contribution in [1.82, 2.24) is 20.2 Å². The number of nitrogens with zero attached hydrogens (tertiary/aromatic N) is 4. The molecule has 1 saturated carbocycles. The van der Waals surface area contributed by atoms with Crippen LogP contribution in [0, 0.1) is 18.2 Å². The molecule has 2 saturated heterocycles. The Bertz CT molecular complexity index is 1930. The molecule has 2 aromatic carbocycles. The van der Waals surface area contributed by atoms with Crippen molar-refractivity contribution in [2.24, 2.45) is 0 Å². The molecule has 3 fully saturated rings. The van der Waals surface area contributed by atoms with Crippen molar-refractivity contribution >= 4 is 22.5 Å². The fourth-order valence-electron chi connectivity index (χ4n) is 8.51. The highest BCUT2D eigenvalue weighted by molar-refractivity contribution is 5.93. The molecular weight excluding hydrogens is 684 g/mol. The highest BCUT2D eigenvalue weighted by Gasteiger charge is 2.48. The number of terminal acetylenes is 1. The third-order valence-electron chi connectivity index (χ3n) is 11.2. The van der Waals surface area contributed by atoms with Crippen LogP contribution >= 0.6 is 0 Å². The van der Waals surface area contributed by atoms with E-state index >= 15 is 4.39 Å². The lowest BCUT2D eigenvalue weighted by Crippen LogP contribution is -2.53. The van der Waals surface area contributed by atoms with Gasteiger partial charge in [-0.2, -0.15) is 9.97 Å². The van der Waals surface area contributed by atoms with Gasteiger partial charge in [0.15, 0.2) is 11.9 Å². The summed E-state index contributed by atoms with van der Waals surface area (Å²) in [5.41, 5.74) is -0.907. The highest BCUT2D eigenvalue weighted by Crippen LogP contribution is 2.45. The number of nitrogens with one attached hydrogen (secondary N) is 1. The first-order chi connectivity index (χ1) is 25.4. The van der Waals surface area contributed by atoms with Crippen LogP contribution < -0.4 is 24.4 Å². The summed E-state index contributed by atoms with van der Waals surface area (Å²) in [6, 6.07) is 5.73. The number of fused-ring (bicyclic) bond motifs is 2. The number of benzene rings is 2. The second-order valence-electron chi connectivity index (χ2n) is 15.4. The Hall–Kier alpha value is -4.67. The topological polar surface area (TPSA) is 130 Å². The van der Waals surface area contributed by atoms with Gasteiger partial charge in [0.25, 0.3) is 5.88 Å². The molecule has 3 N–H and O–H groups in total. The van der Waals surface area contributed by atoms with Gasteiger partial charge in [0, 0.05) is 49.1 Å². The predicted molar refractivity (Wildman–Crippen MR) is 196 cm³/mol. The van der Waals surface area contributed by atoms with Crippen molar-refractivity contribution in [3.8, 4) is 35.7 Å². The molecule has 0 spiro atoms. The first-order valence-electron chi connectivity index (χ1n) is 18.4. The highest BCUT2D eigenvalue weighted by atomic mass is 19.1. The van der Waals surface area contributed by atoms with Crippen molar-refractivity contribution in [3.05, 3.63) is 53.9 Å². The number of halogens is 2. The Morgan fingerprint density at radius 3 is 2.75 bits per heavy atom. The Kier molecular flexibility index (Phi) is 10.1. The number of rotatable bonds is 8. The van der Waals surface area contributed by atoms with Crippen molar-refractivity contribution in [2.45, 2.75) is 101 Å². The molecule has 4 atom stereocenters. The molecule has 2 unspecified atom stereocenters. The van der Waals surface area contributed by atoms with E-state index in [1.165, 1.54) is 24.3 Å². The van der Waals surface area contributed by atoms with Gasteiger partial charge in [-0.05, 0) is 88.5 Å². The average molecular weight is 732 g/mol. The minimum absolute atomic E-state index is 0.00473. The van der Waals surface area contributed by atoms with Gasteiger partial charge in [-0.3, -0.25) is 9.69 Å². The molecule has 4 heterocycles. The van der Waals surface area contributed by atoms with Gasteiger partial charge in [0.2, 0.25) is 11.7 Å². The summed E-state index contributed by atoms with van der Waals surface area (Å²) >= 11 is 0. The van der Waals surface area contributed by atoms with Crippen LogP contribution in [-0.2, 0) is 4.79 Å². The number of hydrogen-bond donors (Lipinski definition) is 3. The van der Waals surface area contributed by atoms with Crippen LogP contribution in [0.25, 0.3) is 10.8 Å². The third kappa shape index (κ3) is 7.57. The zero-order chi connectivity index (χ0) is 37.5. The van der Waals surface area contributed by atoms with Crippen LogP contribution in [-0.4, -0.2) is 93.2 Å². The maximum atomic E-state index is 15.1. The molecular formula is C40H47F2N5O6. The fraction of sp³-hybridized carbons (Fsp3) is 0.525. The van der Waals surface area contributed by atoms with Gasteiger partial charge in [0.05, 0.1) is 16.7 Å². The van der Waals surface area contributed by atoms with Crippen LogP contribution in [0.4, 0.5) is 14.6 Å². The summed E-state index contributed by atoms with van der Waals surface area (Å²) in [6.07, 6.45) is 10.7. The van der Waals surface area contributed by atoms with Gasteiger partial charge in [-0.15, -0.1) is 6.42 Å². The number of phenolic OH excluding ortho intramolecular Hbond substituents is 1. The lowest BCUT2D eigenvalue weighted by atomic mass is 9.82. The molecule has 0 bridgehead atoms. The summed E-state index contributed by atoms with van der Waals surface area (Å²) < 4.78 is 49.4. The minimum Gasteiger partial charge on any atom is -0.508 e. The second kappa shape index (κ2) is 14.6. The maximum absolute atomic E-state index is 15.1. The van der Waals surface area contributed by atoms with E-state index in [0.29, 0.717) is 48.1 Å². The van der Waals surface area contributed by atoms with E-state index in [4.69, 9.17) is 25.6 Å². The number of alkyl halides is 1. The van der Waals surface area contributed by atoms with Crippen LogP contribution in [0.2, 0.25) is 0 Å². The number of amides is 1. The third-order valence-corrected chi connectivity index (χ3v) is 11.2. The zero-order valence-corrected chi connectivity index (χ0v) is 30.2. The number of hydrogen-bond acceptors (Lipinski definition) is 10. The molecule has 282 valence electrons. The number of carbonyl (C=O) groups excluding carboxylic acids is 1. The molecule has 53 heavy (non-hydrogen) atoms. The Labute approximate surface area is 308 Å². The van der Waals surface area contributed by atoms with Crippen LogP contribution in [0.15, 0.2) is 36.9 Å². The molecule has 3 aromatic rings. The second-order valence-corrected chi connectivity index (χ2v) is 15.4. The largest absolute Gasteiger partial charge is 0.508 e. The predicted octanol–water partition coefficient (Wildman–Crippen LogP) is 5.50. The quantitative estimate of drug-likeness (QED) is 0.202. The van der Waals surface area contributed by atoms with Gasteiger partial charge >= 0.3 is 6.01 Å². The standard InChI is InChI=1S/C40H47F2N5O6/c1-5-29-31(42)11-10-24-17-28(48)18-30(34(24)29)32-22-51-35-36(46-16-8-7-9-26(21-46)43-33(49)6-2)44-38(45-37(35)53-32)52-23-39(3)19-25(41)20-47(39)27-12-14-40(4,50)15-13-27/h1,6,10-11,17-18,25-27,32,48,50H,2,7-9,12-16,19-23H2,3-4H3,(H,43,49)/t25-,26?,27?,32?,39+,40?/m1/s1. The van der Waals surface area contributed by atoms with Crippen molar-refractivity contribution in [3.63, 3.8) is 0 Å². The molecule has 4 aliphatic rings. The number of aliphatic hydroxyl groups is 1. The van der Waals surface area contributed by atoms with E-state index in [2.05, 4.69) is 27.7 Å². The summed E-state index contributed by atoms with van der Waals surface area (Å²) in [6.45, 7) is 8.83. The molecule has 1 aromatic heterocycles. The van der Waals surface area contributed by atoms with Gasteiger partial charge in [0.1, 0.15) is 31.0 Å². The number of aromatic nitrogens is 2. The first kappa shape index (κ1) is 36.7. The van der Waals surface area contributed by atoms with Crippen LogP contribution in [0.3, 0.4) is 0 Å². The maximum Gasteiger partial charge on any atom is 0.322 e. The number of ether oxygens (including phenoxy) is 3. The fourth-order valence-corrected chi connectivity index (χ4v) is 8.51. The monoisotopic (exact) mass is 731 g/mol. The Morgan fingerprint density at radius 2 is 2.00 bits per heavy atom.